The number of carbonyl (C=O) groups is 1. The number of amides is 1. The van der Waals surface area contributed by atoms with Gasteiger partial charge < -0.3 is 9.64 Å². The van der Waals surface area contributed by atoms with Gasteiger partial charge in [0.25, 0.3) is 5.91 Å². The van der Waals surface area contributed by atoms with E-state index in [1.54, 1.807) is 23.6 Å². The Hall–Kier alpha value is -1.90. The van der Waals surface area contributed by atoms with Crippen LogP contribution in [0.5, 0.6) is 0 Å². The number of hydrogen-bond acceptors (Lipinski definition) is 7. The molecule has 2 saturated heterocycles. The zero-order valence-corrected chi connectivity index (χ0v) is 14.8. The molecule has 7 nitrogen and oxygen atoms in total. The standard InChI is InChI=1S/C17H21N5O2S/c23-16(14-1-4-19-20-11-14)22-6-2-17(3-7-22)13-21(8-9-24-17)12-15-18-5-10-25-15/h1,4-5,10-11H,2-3,6-9,12-13H2. The first kappa shape index (κ1) is 16.6. The molecule has 4 rings (SSSR count). The van der Waals surface area contributed by atoms with Crippen molar-refractivity contribution in [2.24, 2.45) is 0 Å². The molecule has 0 N–H and O–H groups in total. The van der Waals surface area contributed by atoms with Gasteiger partial charge in [0.2, 0.25) is 0 Å². The van der Waals surface area contributed by atoms with Gasteiger partial charge in [0.15, 0.2) is 0 Å². The lowest BCUT2D eigenvalue weighted by atomic mass is 9.89. The third-order valence-electron chi connectivity index (χ3n) is 4.96. The van der Waals surface area contributed by atoms with Crippen molar-refractivity contribution in [2.75, 3.05) is 32.8 Å². The van der Waals surface area contributed by atoms with Gasteiger partial charge in [-0.1, -0.05) is 0 Å². The lowest BCUT2D eigenvalue weighted by molar-refractivity contribution is -0.134. The van der Waals surface area contributed by atoms with Gasteiger partial charge in [-0.05, 0) is 18.9 Å². The summed E-state index contributed by atoms with van der Waals surface area (Å²) in [5, 5.41) is 10.7. The summed E-state index contributed by atoms with van der Waals surface area (Å²) < 4.78 is 6.17. The number of ether oxygens (including phenoxy) is 1. The number of piperidine rings is 1. The summed E-state index contributed by atoms with van der Waals surface area (Å²) >= 11 is 1.70. The van der Waals surface area contributed by atoms with E-state index >= 15 is 0 Å². The highest BCUT2D eigenvalue weighted by Gasteiger charge is 2.40. The second kappa shape index (κ2) is 7.15. The Bertz CT molecular complexity index is 701. The molecule has 0 aliphatic carbocycles. The molecule has 1 spiro atoms. The molecule has 0 atom stereocenters. The van der Waals surface area contributed by atoms with Crippen LogP contribution < -0.4 is 0 Å². The fourth-order valence-electron chi connectivity index (χ4n) is 3.60. The smallest absolute Gasteiger partial charge is 0.255 e. The van der Waals surface area contributed by atoms with Gasteiger partial charge in [-0.3, -0.25) is 9.69 Å². The molecule has 2 aromatic rings. The predicted molar refractivity (Wildman–Crippen MR) is 93.2 cm³/mol. The van der Waals surface area contributed by atoms with Crippen molar-refractivity contribution in [3.8, 4) is 0 Å². The van der Waals surface area contributed by atoms with Crippen molar-refractivity contribution in [3.63, 3.8) is 0 Å². The minimum atomic E-state index is -0.136. The van der Waals surface area contributed by atoms with E-state index in [0.29, 0.717) is 18.7 Å². The van der Waals surface area contributed by atoms with Crippen molar-refractivity contribution in [1.29, 1.82) is 0 Å². The molecular weight excluding hydrogens is 338 g/mol. The van der Waals surface area contributed by atoms with Gasteiger partial charge in [-0.25, -0.2) is 4.98 Å². The Morgan fingerprint density at radius 1 is 1.24 bits per heavy atom. The minimum absolute atomic E-state index is 0.0280. The van der Waals surface area contributed by atoms with Crippen LogP contribution in [0.1, 0.15) is 28.2 Å². The Morgan fingerprint density at radius 3 is 2.84 bits per heavy atom. The van der Waals surface area contributed by atoms with Gasteiger partial charge in [0, 0.05) is 37.8 Å². The van der Waals surface area contributed by atoms with Crippen LogP contribution in [-0.4, -0.2) is 69.3 Å². The molecule has 8 heteroatoms. The van der Waals surface area contributed by atoms with E-state index < -0.39 is 0 Å². The summed E-state index contributed by atoms with van der Waals surface area (Å²) in [5.74, 6) is 0.0280. The fraction of sp³-hybridized carbons (Fsp3) is 0.529. The van der Waals surface area contributed by atoms with E-state index in [9.17, 15) is 4.79 Å². The average molecular weight is 359 g/mol. The third kappa shape index (κ3) is 3.70. The normalized spacial score (nSPS) is 20.7. The molecule has 1 amide bonds. The summed E-state index contributed by atoms with van der Waals surface area (Å²) in [6.45, 7) is 4.90. The average Bonchev–Trinajstić information content (AvgIpc) is 3.16. The first-order valence-electron chi connectivity index (χ1n) is 8.55. The quantitative estimate of drug-likeness (QED) is 0.826. The van der Waals surface area contributed by atoms with Crippen molar-refractivity contribution in [2.45, 2.75) is 25.0 Å². The minimum Gasteiger partial charge on any atom is -0.372 e. The van der Waals surface area contributed by atoms with Crippen LogP contribution in [-0.2, 0) is 11.3 Å². The maximum Gasteiger partial charge on any atom is 0.255 e. The summed E-state index contributed by atoms with van der Waals surface area (Å²) in [4.78, 5) is 21.2. The van der Waals surface area contributed by atoms with Crippen molar-refractivity contribution in [1.82, 2.24) is 25.0 Å². The predicted octanol–water partition coefficient (Wildman–Crippen LogP) is 1.44. The summed E-state index contributed by atoms with van der Waals surface area (Å²) in [6.07, 6.45) is 6.67. The van der Waals surface area contributed by atoms with E-state index in [2.05, 4.69) is 20.1 Å². The SMILES string of the molecule is O=C(c1ccnnc1)N1CCC2(CC1)CN(Cc1nccs1)CCO2. The van der Waals surface area contributed by atoms with Crippen molar-refractivity contribution < 1.29 is 9.53 Å². The maximum absolute atomic E-state index is 12.5. The van der Waals surface area contributed by atoms with Crippen LogP contribution in [0, 0.1) is 0 Å². The Kier molecular flexibility index (Phi) is 4.74. The highest BCUT2D eigenvalue weighted by molar-refractivity contribution is 7.09. The van der Waals surface area contributed by atoms with Crippen molar-refractivity contribution >= 4 is 17.2 Å². The van der Waals surface area contributed by atoms with Gasteiger partial charge >= 0.3 is 0 Å². The van der Waals surface area contributed by atoms with Gasteiger partial charge in [-0.2, -0.15) is 10.2 Å². The van der Waals surface area contributed by atoms with E-state index in [0.717, 1.165) is 44.1 Å². The van der Waals surface area contributed by atoms with Gasteiger partial charge in [0.05, 0.1) is 36.7 Å². The van der Waals surface area contributed by atoms with Gasteiger partial charge in [0.1, 0.15) is 5.01 Å². The number of morpholine rings is 1. The zero-order chi connectivity index (χ0) is 17.1. The molecule has 132 valence electrons. The van der Waals surface area contributed by atoms with E-state index in [-0.39, 0.29) is 11.5 Å². The van der Waals surface area contributed by atoms with E-state index in [1.807, 2.05) is 16.5 Å². The lowest BCUT2D eigenvalue weighted by Crippen LogP contribution is -2.57. The highest BCUT2D eigenvalue weighted by atomic mass is 32.1. The number of hydrogen-bond donors (Lipinski definition) is 0. The second-order valence-corrected chi connectivity index (χ2v) is 7.57. The molecule has 2 aliphatic heterocycles. The largest absolute Gasteiger partial charge is 0.372 e. The van der Waals surface area contributed by atoms with Crippen LogP contribution in [0.25, 0.3) is 0 Å². The monoisotopic (exact) mass is 359 g/mol. The maximum atomic E-state index is 12.5. The molecule has 2 aromatic heterocycles. The molecule has 0 aromatic carbocycles. The number of likely N-dealkylation sites (tertiary alicyclic amines) is 1. The zero-order valence-electron chi connectivity index (χ0n) is 14.0. The number of aromatic nitrogens is 3. The first-order chi connectivity index (χ1) is 12.2. The topological polar surface area (TPSA) is 71.5 Å². The Morgan fingerprint density at radius 2 is 2.12 bits per heavy atom. The van der Waals surface area contributed by atoms with Crippen molar-refractivity contribution in [3.05, 3.63) is 40.6 Å². The molecule has 4 heterocycles. The fourth-order valence-corrected chi connectivity index (χ4v) is 4.26. The van der Waals surface area contributed by atoms with Gasteiger partial charge in [-0.15, -0.1) is 11.3 Å². The van der Waals surface area contributed by atoms with E-state index in [4.69, 9.17) is 4.74 Å². The molecule has 0 unspecified atom stereocenters. The number of nitrogens with zero attached hydrogens (tertiary/aromatic N) is 5. The molecular formula is C17H21N5O2S. The molecule has 0 saturated carbocycles. The second-order valence-electron chi connectivity index (χ2n) is 6.59. The molecule has 2 fully saturated rings. The molecule has 0 bridgehead atoms. The number of carbonyl (C=O) groups excluding carboxylic acids is 1. The van der Waals surface area contributed by atoms with Crippen LogP contribution in [0.2, 0.25) is 0 Å². The third-order valence-corrected chi connectivity index (χ3v) is 5.73. The number of rotatable bonds is 3. The lowest BCUT2D eigenvalue weighted by Gasteiger charge is -2.47. The summed E-state index contributed by atoms with van der Waals surface area (Å²) in [6, 6.07) is 1.71. The van der Waals surface area contributed by atoms with E-state index in [1.165, 1.54) is 6.20 Å². The molecule has 0 radical (unpaired) electrons. The Labute approximate surface area is 150 Å². The summed E-state index contributed by atoms with van der Waals surface area (Å²) in [7, 11) is 0. The highest BCUT2D eigenvalue weighted by Crippen LogP contribution is 2.31. The molecule has 2 aliphatic rings. The summed E-state index contributed by atoms with van der Waals surface area (Å²) in [5.41, 5.74) is 0.462. The molecule has 25 heavy (non-hydrogen) atoms. The number of thiazole rings is 1. The first-order valence-corrected chi connectivity index (χ1v) is 9.43. The van der Waals surface area contributed by atoms with Crippen LogP contribution in [0.15, 0.2) is 30.0 Å². The van der Waals surface area contributed by atoms with Crippen LogP contribution >= 0.6 is 11.3 Å². The Balaban J connectivity index is 1.36. The van der Waals surface area contributed by atoms with Crippen LogP contribution in [0.4, 0.5) is 0 Å². The van der Waals surface area contributed by atoms with Crippen LogP contribution in [0.3, 0.4) is 0 Å².